The van der Waals surface area contributed by atoms with Crippen LogP contribution in [0.4, 0.5) is 0 Å². The highest BCUT2D eigenvalue weighted by atomic mass is 16.5. The zero-order valence-corrected chi connectivity index (χ0v) is 12.3. The second-order valence-corrected chi connectivity index (χ2v) is 5.82. The summed E-state index contributed by atoms with van der Waals surface area (Å²) in [6.45, 7) is 6.89. The smallest absolute Gasteiger partial charge is 0.0841 e. The quantitative estimate of drug-likeness (QED) is 0.910. The summed E-state index contributed by atoms with van der Waals surface area (Å²) in [6, 6.07) is 8.94. The first kappa shape index (κ1) is 13.6. The Hall–Kier alpha value is -1.39. The van der Waals surface area contributed by atoms with E-state index >= 15 is 0 Å². The van der Waals surface area contributed by atoms with Gasteiger partial charge in [-0.1, -0.05) is 32.0 Å². The summed E-state index contributed by atoms with van der Waals surface area (Å²) >= 11 is 0. The van der Waals surface area contributed by atoms with Crippen molar-refractivity contribution in [1.29, 1.82) is 0 Å². The molecule has 2 heterocycles. The molecule has 0 spiro atoms. The van der Waals surface area contributed by atoms with Gasteiger partial charge >= 0.3 is 0 Å². The van der Waals surface area contributed by atoms with Gasteiger partial charge < -0.3 is 10.1 Å². The first-order valence-electron chi connectivity index (χ1n) is 7.53. The van der Waals surface area contributed by atoms with E-state index in [0.717, 1.165) is 31.8 Å². The lowest BCUT2D eigenvalue weighted by Gasteiger charge is -2.10. The Morgan fingerprint density at radius 3 is 3.00 bits per heavy atom. The normalized spacial score (nSPS) is 19.2. The number of benzene rings is 1. The third kappa shape index (κ3) is 2.86. The minimum absolute atomic E-state index is 0.323. The molecular formula is C16H23N3O. The SMILES string of the molecule is CC(C)NCc1nn(CC2CCCO2)c2ccccc12. The van der Waals surface area contributed by atoms with Crippen LogP contribution in [0, 0.1) is 0 Å². The third-order valence-corrected chi connectivity index (χ3v) is 3.81. The number of nitrogens with zero attached hydrogens (tertiary/aromatic N) is 2. The summed E-state index contributed by atoms with van der Waals surface area (Å²) in [5, 5.41) is 9.50. The lowest BCUT2D eigenvalue weighted by molar-refractivity contribution is 0.0950. The maximum Gasteiger partial charge on any atom is 0.0841 e. The van der Waals surface area contributed by atoms with Crippen LogP contribution in [0.3, 0.4) is 0 Å². The highest BCUT2D eigenvalue weighted by molar-refractivity contribution is 5.81. The van der Waals surface area contributed by atoms with Crippen LogP contribution in [-0.4, -0.2) is 28.5 Å². The van der Waals surface area contributed by atoms with E-state index in [1.165, 1.54) is 17.3 Å². The molecule has 1 saturated heterocycles. The first-order chi connectivity index (χ1) is 9.74. The second kappa shape index (κ2) is 5.94. The monoisotopic (exact) mass is 273 g/mol. The van der Waals surface area contributed by atoms with Gasteiger partial charge in [0.2, 0.25) is 0 Å². The van der Waals surface area contributed by atoms with Crippen molar-refractivity contribution < 1.29 is 4.74 Å². The van der Waals surface area contributed by atoms with E-state index in [-0.39, 0.29) is 0 Å². The summed E-state index contributed by atoms with van der Waals surface area (Å²) in [5.74, 6) is 0. The fourth-order valence-corrected chi connectivity index (χ4v) is 2.75. The van der Waals surface area contributed by atoms with Crippen molar-refractivity contribution in [3.8, 4) is 0 Å². The molecule has 108 valence electrons. The summed E-state index contributed by atoms with van der Waals surface area (Å²) in [5.41, 5.74) is 2.34. The van der Waals surface area contributed by atoms with E-state index in [9.17, 15) is 0 Å². The molecule has 1 aliphatic heterocycles. The van der Waals surface area contributed by atoms with Gasteiger partial charge in [0.05, 0.1) is 23.9 Å². The number of ether oxygens (including phenoxy) is 1. The summed E-state index contributed by atoms with van der Waals surface area (Å²) < 4.78 is 7.85. The lowest BCUT2D eigenvalue weighted by Crippen LogP contribution is -2.22. The van der Waals surface area contributed by atoms with Crippen molar-refractivity contribution in [1.82, 2.24) is 15.1 Å². The zero-order valence-electron chi connectivity index (χ0n) is 12.3. The van der Waals surface area contributed by atoms with Crippen LogP contribution in [-0.2, 0) is 17.8 Å². The Labute approximate surface area is 120 Å². The van der Waals surface area contributed by atoms with Gasteiger partial charge in [0, 0.05) is 24.6 Å². The molecule has 0 radical (unpaired) electrons. The summed E-state index contributed by atoms with van der Waals surface area (Å²) in [6.07, 6.45) is 2.64. The maximum atomic E-state index is 5.74. The van der Waals surface area contributed by atoms with Gasteiger partial charge in [-0.15, -0.1) is 0 Å². The van der Waals surface area contributed by atoms with Gasteiger partial charge in [-0.05, 0) is 18.9 Å². The molecule has 0 saturated carbocycles. The maximum absolute atomic E-state index is 5.74. The largest absolute Gasteiger partial charge is 0.376 e. The predicted octanol–water partition coefficient (Wildman–Crippen LogP) is 2.71. The molecule has 0 aliphatic carbocycles. The fourth-order valence-electron chi connectivity index (χ4n) is 2.75. The van der Waals surface area contributed by atoms with Crippen molar-refractivity contribution in [3.63, 3.8) is 0 Å². The standard InChI is InChI=1S/C16H23N3O/c1-12(2)17-10-15-14-7-3-4-8-16(14)19(18-15)11-13-6-5-9-20-13/h3-4,7-8,12-13,17H,5-6,9-11H2,1-2H3. The molecule has 2 aromatic rings. The Morgan fingerprint density at radius 2 is 2.25 bits per heavy atom. The fraction of sp³-hybridized carbons (Fsp3) is 0.562. The van der Waals surface area contributed by atoms with Crippen molar-refractivity contribution in [2.75, 3.05) is 6.61 Å². The average Bonchev–Trinajstić information content (AvgIpc) is 3.06. The van der Waals surface area contributed by atoms with Crippen molar-refractivity contribution in [2.45, 2.75) is 51.9 Å². The highest BCUT2D eigenvalue weighted by Crippen LogP contribution is 2.21. The average molecular weight is 273 g/mol. The van der Waals surface area contributed by atoms with Crippen LogP contribution in [0.15, 0.2) is 24.3 Å². The van der Waals surface area contributed by atoms with Crippen molar-refractivity contribution in [3.05, 3.63) is 30.0 Å². The van der Waals surface area contributed by atoms with Gasteiger partial charge in [-0.3, -0.25) is 4.68 Å². The predicted molar refractivity (Wildman–Crippen MR) is 80.7 cm³/mol. The molecule has 1 unspecified atom stereocenters. The van der Waals surface area contributed by atoms with Crippen LogP contribution >= 0.6 is 0 Å². The Morgan fingerprint density at radius 1 is 1.40 bits per heavy atom. The zero-order chi connectivity index (χ0) is 13.9. The number of para-hydroxylation sites is 1. The Bertz CT molecular complexity index is 570. The van der Waals surface area contributed by atoms with Crippen LogP contribution in [0.5, 0.6) is 0 Å². The van der Waals surface area contributed by atoms with Gasteiger partial charge in [0.1, 0.15) is 0 Å². The van der Waals surface area contributed by atoms with Crippen LogP contribution in [0.1, 0.15) is 32.4 Å². The molecule has 0 amide bonds. The van der Waals surface area contributed by atoms with E-state index in [2.05, 4.69) is 48.1 Å². The molecular weight excluding hydrogens is 250 g/mol. The first-order valence-corrected chi connectivity index (χ1v) is 7.53. The number of hydrogen-bond donors (Lipinski definition) is 1. The highest BCUT2D eigenvalue weighted by Gasteiger charge is 2.18. The number of hydrogen-bond acceptors (Lipinski definition) is 3. The number of nitrogens with one attached hydrogen (secondary N) is 1. The van der Waals surface area contributed by atoms with Gasteiger partial charge in [0.25, 0.3) is 0 Å². The number of rotatable bonds is 5. The van der Waals surface area contributed by atoms with Gasteiger partial charge in [-0.2, -0.15) is 5.10 Å². The van der Waals surface area contributed by atoms with Crippen molar-refractivity contribution >= 4 is 10.9 Å². The molecule has 1 aromatic heterocycles. The lowest BCUT2D eigenvalue weighted by atomic mass is 10.2. The summed E-state index contributed by atoms with van der Waals surface area (Å²) in [7, 11) is 0. The van der Waals surface area contributed by atoms with E-state index in [0.29, 0.717) is 12.1 Å². The number of aromatic nitrogens is 2. The van der Waals surface area contributed by atoms with E-state index in [1.807, 2.05) is 0 Å². The van der Waals surface area contributed by atoms with E-state index < -0.39 is 0 Å². The molecule has 1 aliphatic rings. The van der Waals surface area contributed by atoms with Crippen molar-refractivity contribution in [2.24, 2.45) is 0 Å². The van der Waals surface area contributed by atoms with Gasteiger partial charge in [0.15, 0.2) is 0 Å². The van der Waals surface area contributed by atoms with E-state index in [1.54, 1.807) is 0 Å². The van der Waals surface area contributed by atoms with Crippen LogP contribution in [0.25, 0.3) is 10.9 Å². The molecule has 20 heavy (non-hydrogen) atoms. The molecule has 1 N–H and O–H groups in total. The second-order valence-electron chi connectivity index (χ2n) is 5.82. The van der Waals surface area contributed by atoms with Crippen LogP contribution in [0.2, 0.25) is 0 Å². The van der Waals surface area contributed by atoms with Crippen LogP contribution < -0.4 is 5.32 Å². The summed E-state index contributed by atoms with van der Waals surface area (Å²) in [4.78, 5) is 0. The third-order valence-electron chi connectivity index (χ3n) is 3.81. The Kier molecular flexibility index (Phi) is 4.03. The number of fused-ring (bicyclic) bond motifs is 1. The molecule has 3 rings (SSSR count). The minimum atomic E-state index is 0.323. The molecule has 4 heteroatoms. The molecule has 1 fully saturated rings. The van der Waals surface area contributed by atoms with Gasteiger partial charge in [-0.25, -0.2) is 0 Å². The molecule has 1 aromatic carbocycles. The topological polar surface area (TPSA) is 39.1 Å². The molecule has 4 nitrogen and oxygen atoms in total. The minimum Gasteiger partial charge on any atom is -0.376 e. The molecule has 1 atom stereocenters. The Balaban J connectivity index is 1.87. The van der Waals surface area contributed by atoms with E-state index in [4.69, 9.17) is 9.84 Å². The molecule has 0 bridgehead atoms.